The number of aliphatic carboxylic acids is 1. The Labute approximate surface area is 246 Å². The van der Waals surface area contributed by atoms with E-state index < -0.39 is 40.9 Å². The summed E-state index contributed by atoms with van der Waals surface area (Å²) in [6, 6.07) is 14.0. The van der Waals surface area contributed by atoms with Gasteiger partial charge in [0, 0.05) is 31.2 Å². The Balaban J connectivity index is 2.20. The molecule has 0 radical (unpaired) electrons. The summed E-state index contributed by atoms with van der Waals surface area (Å²) < 4.78 is 11.5. The maximum absolute atomic E-state index is 14.4. The minimum Gasteiger partial charge on any atom is -0.496 e. The van der Waals surface area contributed by atoms with Crippen LogP contribution < -0.4 is 10.1 Å². The number of carbonyl (C=O) groups is 2. The molecular formula is C34H50N2O5. The monoisotopic (exact) mass is 566 g/mol. The second kappa shape index (κ2) is 12.1. The fourth-order valence-corrected chi connectivity index (χ4v) is 6.30. The zero-order valence-electron chi connectivity index (χ0n) is 26.7. The van der Waals surface area contributed by atoms with Crippen LogP contribution in [0.2, 0.25) is 0 Å². The van der Waals surface area contributed by atoms with E-state index in [2.05, 4.69) is 59.0 Å². The van der Waals surface area contributed by atoms with Crippen LogP contribution >= 0.6 is 0 Å². The Morgan fingerprint density at radius 3 is 2.02 bits per heavy atom. The highest BCUT2D eigenvalue weighted by Gasteiger charge is 2.59. The van der Waals surface area contributed by atoms with Crippen molar-refractivity contribution in [3.8, 4) is 5.75 Å². The predicted molar refractivity (Wildman–Crippen MR) is 163 cm³/mol. The molecule has 1 aliphatic rings. The van der Waals surface area contributed by atoms with Gasteiger partial charge < -0.3 is 24.8 Å². The van der Waals surface area contributed by atoms with Crippen LogP contribution in [0.1, 0.15) is 85.0 Å². The van der Waals surface area contributed by atoms with Gasteiger partial charge in [-0.25, -0.2) is 4.79 Å². The van der Waals surface area contributed by atoms with E-state index in [1.165, 1.54) is 12.7 Å². The molecule has 1 amide bonds. The summed E-state index contributed by atoms with van der Waals surface area (Å²) in [6.45, 7) is 18.9. The largest absolute Gasteiger partial charge is 0.496 e. The van der Waals surface area contributed by atoms with Gasteiger partial charge in [0.2, 0.25) is 0 Å². The number of carboxylic acids is 1. The molecule has 1 heterocycles. The lowest BCUT2D eigenvalue weighted by Crippen LogP contribution is -2.53. The van der Waals surface area contributed by atoms with Crippen molar-refractivity contribution in [3.05, 3.63) is 65.2 Å². The number of hydrogen-bond donors (Lipinski definition) is 2. The number of likely N-dealkylation sites (tertiary alicyclic amines) is 1. The highest BCUT2D eigenvalue weighted by Crippen LogP contribution is 2.49. The van der Waals surface area contributed by atoms with Gasteiger partial charge >= 0.3 is 5.97 Å². The molecule has 0 aromatic heterocycles. The van der Waals surface area contributed by atoms with Gasteiger partial charge in [-0.3, -0.25) is 4.79 Å². The molecule has 226 valence electrons. The van der Waals surface area contributed by atoms with Crippen LogP contribution in [-0.2, 0) is 26.3 Å². The minimum atomic E-state index is -1.05. The van der Waals surface area contributed by atoms with Crippen LogP contribution in [-0.4, -0.2) is 54.3 Å². The standard InChI is InChI=1S/C34H50N2O5/c1-32(2,3)23-17-18-24(40-10)22(19-23)20-35-26-25(33(4,5)6)28(31(38)39)36(27(26)21-15-13-12-14-16-21)30(37)29(41-11)34(7,8)9/h12-19,25-29,35H,20H2,1-11H3,(H,38,39)/t25-,26-,27-,28-,29-/m0/s1. The summed E-state index contributed by atoms with van der Waals surface area (Å²) in [7, 11) is 3.18. The predicted octanol–water partition coefficient (Wildman–Crippen LogP) is 6.21. The average molecular weight is 567 g/mol. The normalized spacial score (nSPS) is 22.5. The lowest BCUT2D eigenvalue weighted by molar-refractivity contribution is -0.161. The number of amides is 1. The molecule has 0 unspecified atom stereocenters. The van der Waals surface area contributed by atoms with Gasteiger partial charge in [0.25, 0.3) is 5.91 Å². The van der Waals surface area contributed by atoms with Crippen LogP contribution in [0, 0.1) is 16.7 Å². The molecule has 41 heavy (non-hydrogen) atoms. The van der Waals surface area contributed by atoms with Crippen molar-refractivity contribution in [1.29, 1.82) is 0 Å². The Kier molecular flexibility index (Phi) is 9.66. The number of rotatable bonds is 8. The van der Waals surface area contributed by atoms with Crippen molar-refractivity contribution in [2.24, 2.45) is 16.7 Å². The third-order valence-electron chi connectivity index (χ3n) is 8.24. The Morgan fingerprint density at radius 1 is 0.951 bits per heavy atom. The van der Waals surface area contributed by atoms with E-state index in [1.54, 1.807) is 12.0 Å². The summed E-state index contributed by atoms with van der Waals surface area (Å²) in [4.78, 5) is 29.1. The Morgan fingerprint density at radius 2 is 1.56 bits per heavy atom. The number of nitrogens with zero attached hydrogens (tertiary/aromatic N) is 1. The van der Waals surface area contributed by atoms with E-state index in [9.17, 15) is 14.7 Å². The van der Waals surface area contributed by atoms with Crippen molar-refractivity contribution in [2.75, 3.05) is 14.2 Å². The van der Waals surface area contributed by atoms with E-state index in [4.69, 9.17) is 9.47 Å². The maximum atomic E-state index is 14.4. The van der Waals surface area contributed by atoms with Gasteiger partial charge in [0.1, 0.15) is 17.9 Å². The smallest absolute Gasteiger partial charge is 0.326 e. The summed E-state index contributed by atoms with van der Waals surface area (Å²) in [5.74, 6) is -0.961. The lowest BCUT2D eigenvalue weighted by Gasteiger charge is -2.37. The van der Waals surface area contributed by atoms with Gasteiger partial charge in [-0.2, -0.15) is 0 Å². The number of ether oxygens (including phenoxy) is 2. The molecule has 1 fully saturated rings. The molecule has 3 rings (SSSR count). The topological polar surface area (TPSA) is 88.1 Å². The maximum Gasteiger partial charge on any atom is 0.326 e. The van der Waals surface area contributed by atoms with Crippen molar-refractivity contribution in [2.45, 2.75) is 98.5 Å². The number of methoxy groups -OCH3 is 2. The molecule has 0 saturated carbocycles. The van der Waals surface area contributed by atoms with E-state index >= 15 is 0 Å². The molecule has 1 aliphatic heterocycles. The average Bonchev–Trinajstić information content (AvgIpc) is 3.23. The van der Waals surface area contributed by atoms with Crippen LogP contribution in [0.15, 0.2) is 48.5 Å². The Hall–Kier alpha value is -2.90. The molecule has 7 nitrogen and oxygen atoms in total. The second-order valence-electron chi connectivity index (χ2n) is 14.4. The van der Waals surface area contributed by atoms with Gasteiger partial charge in [0.15, 0.2) is 0 Å². The summed E-state index contributed by atoms with van der Waals surface area (Å²) in [6.07, 6.45) is -0.807. The van der Waals surface area contributed by atoms with E-state index in [0.717, 1.165) is 16.9 Å². The first-order chi connectivity index (χ1) is 18.9. The third-order valence-corrected chi connectivity index (χ3v) is 8.24. The van der Waals surface area contributed by atoms with Gasteiger partial charge in [-0.15, -0.1) is 0 Å². The molecule has 0 aliphatic carbocycles. The van der Waals surface area contributed by atoms with Crippen molar-refractivity contribution in [3.63, 3.8) is 0 Å². The summed E-state index contributed by atoms with van der Waals surface area (Å²) in [5, 5.41) is 14.5. The third kappa shape index (κ3) is 6.95. The van der Waals surface area contributed by atoms with Crippen molar-refractivity contribution in [1.82, 2.24) is 10.2 Å². The quantitative estimate of drug-likeness (QED) is 0.395. The van der Waals surface area contributed by atoms with Gasteiger partial charge in [-0.05, 0) is 33.4 Å². The van der Waals surface area contributed by atoms with E-state index in [-0.39, 0.29) is 17.4 Å². The van der Waals surface area contributed by atoms with Crippen LogP contribution in [0.4, 0.5) is 0 Å². The number of carboxylic acid groups (broad SMARTS) is 1. The van der Waals surface area contributed by atoms with Gasteiger partial charge in [-0.1, -0.05) is 105 Å². The molecule has 0 bridgehead atoms. The van der Waals surface area contributed by atoms with Crippen molar-refractivity contribution >= 4 is 11.9 Å². The van der Waals surface area contributed by atoms with Crippen molar-refractivity contribution < 1.29 is 24.2 Å². The van der Waals surface area contributed by atoms with E-state index in [1.807, 2.05) is 57.2 Å². The van der Waals surface area contributed by atoms with Gasteiger partial charge in [0.05, 0.1) is 13.2 Å². The minimum absolute atomic E-state index is 0.0470. The number of benzene rings is 2. The van der Waals surface area contributed by atoms with Crippen LogP contribution in [0.5, 0.6) is 5.75 Å². The highest BCUT2D eigenvalue weighted by atomic mass is 16.5. The first-order valence-corrected chi connectivity index (χ1v) is 14.5. The first-order valence-electron chi connectivity index (χ1n) is 14.5. The second-order valence-corrected chi connectivity index (χ2v) is 14.4. The Bertz CT molecular complexity index is 1210. The molecule has 2 aromatic rings. The molecule has 1 saturated heterocycles. The lowest BCUT2D eigenvalue weighted by atomic mass is 9.72. The van der Waals surface area contributed by atoms with E-state index in [0.29, 0.717) is 6.54 Å². The molecule has 7 heteroatoms. The SMILES string of the molecule is COc1ccc(C(C)(C)C)cc1CN[C@H]1[C@H](C(C)(C)C)[C@@H](C(=O)O)N(C(=O)[C@H](OC)C(C)(C)C)[C@H]1c1ccccc1. The molecular weight excluding hydrogens is 516 g/mol. The zero-order chi connectivity index (χ0) is 30.9. The van der Waals surface area contributed by atoms with Crippen LogP contribution in [0.3, 0.4) is 0 Å². The zero-order valence-corrected chi connectivity index (χ0v) is 26.7. The van der Waals surface area contributed by atoms with Crippen LogP contribution in [0.25, 0.3) is 0 Å². The number of hydrogen-bond acceptors (Lipinski definition) is 5. The molecule has 0 spiro atoms. The molecule has 2 aromatic carbocycles. The molecule has 5 atom stereocenters. The molecule has 2 N–H and O–H groups in total. The summed E-state index contributed by atoms with van der Waals surface area (Å²) >= 11 is 0. The highest BCUT2D eigenvalue weighted by molar-refractivity contribution is 5.88. The number of carbonyl (C=O) groups excluding carboxylic acids is 1. The first kappa shape index (κ1) is 32.6. The fraction of sp³-hybridized carbons (Fsp3) is 0.588. The number of nitrogens with one attached hydrogen (secondary N) is 1. The summed E-state index contributed by atoms with van der Waals surface area (Å²) in [5.41, 5.74) is 2.04. The fourth-order valence-electron chi connectivity index (χ4n) is 6.30.